The molecule has 1 aromatic carbocycles. The van der Waals surface area contributed by atoms with Crippen LogP contribution in [0.15, 0.2) is 12.1 Å². The molecule has 0 fully saturated rings. The van der Waals surface area contributed by atoms with Crippen molar-refractivity contribution in [3.63, 3.8) is 0 Å². The fourth-order valence-corrected chi connectivity index (χ4v) is 2.65. The Labute approximate surface area is 119 Å². The molecular formula is C18H31N. The van der Waals surface area contributed by atoms with Gasteiger partial charge in [-0.05, 0) is 53.4 Å². The van der Waals surface area contributed by atoms with Gasteiger partial charge in [0.05, 0.1) is 0 Å². The number of benzene rings is 1. The minimum atomic E-state index is 0.133. The molecule has 108 valence electrons. The first kappa shape index (κ1) is 16.2. The maximum atomic E-state index is 6.63. The van der Waals surface area contributed by atoms with Crippen LogP contribution in [0.4, 0.5) is 0 Å². The van der Waals surface area contributed by atoms with Crippen LogP contribution in [0.5, 0.6) is 0 Å². The van der Waals surface area contributed by atoms with E-state index in [0.29, 0.717) is 0 Å². The molecule has 1 atom stereocenters. The molecule has 0 aliphatic rings. The topological polar surface area (TPSA) is 26.0 Å². The standard InChI is InChI=1S/C18H31N/c1-7-13-11-14(8-2)16(15(9-3)12-13)17(19)18(5,6)10-4/h11-12,17H,7-10,19H2,1-6H3. The van der Waals surface area contributed by atoms with Gasteiger partial charge in [0.25, 0.3) is 0 Å². The summed E-state index contributed by atoms with van der Waals surface area (Å²) >= 11 is 0. The van der Waals surface area contributed by atoms with Gasteiger partial charge in [0.15, 0.2) is 0 Å². The van der Waals surface area contributed by atoms with Crippen molar-refractivity contribution in [2.75, 3.05) is 0 Å². The van der Waals surface area contributed by atoms with Gasteiger partial charge in [0.2, 0.25) is 0 Å². The molecular weight excluding hydrogens is 230 g/mol. The van der Waals surface area contributed by atoms with E-state index in [4.69, 9.17) is 5.73 Å². The van der Waals surface area contributed by atoms with Crippen LogP contribution < -0.4 is 5.73 Å². The first-order chi connectivity index (χ1) is 8.91. The minimum Gasteiger partial charge on any atom is -0.323 e. The van der Waals surface area contributed by atoms with Gasteiger partial charge in [-0.1, -0.05) is 53.7 Å². The van der Waals surface area contributed by atoms with Crippen molar-refractivity contribution >= 4 is 0 Å². The number of hydrogen-bond acceptors (Lipinski definition) is 1. The van der Waals surface area contributed by atoms with Crippen LogP contribution in [0.2, 0.25) is 0 Å². The summed E-state index contributed by atoms with van der Waals surface area (Å²) in [5, 5.41) is 0. The molecule has 1 rings (SSSR count). The van der Waals surface area contributed by atoms with E-state index in [0.717, 1.165) is 25.7 Å². The van der Waals surface area contributed by atoms with E-state index in [2.05, 4.69) is 53.7 Å². The lowest BCUT2D eigenvalue weighted by atomic mass is 9.75. The Balaban J connectivity index is 3.39. The molecule has 0 bridgehead atoms. The maximum Gasteiger partial charge on any atom is 0.0352 e. The lowest BCUT2D eigenvalue weighted by Crippen LogP contribution is -2.30. The summed E-state index contributed by atoms with van der Waals surface area (Å²) in [5.74, 6) is 0. The molecule has 1 aromatic rings. The largest absolute Gasteiger partial charge is 0.323 e. The first-order valence-electron chi connectivity index (χ1n) is 7.81. The zero-order valence-electron chi connectivity index (χ0n) is 13.6. The van der Waals surface area contributed by atoms with Crippen LogP contribution >= 0.6 is 0 Å². The van der Waals surface area contributed by atoms with Gasteiger partial charge in [0.1, 0.15) is 0 Å². The third-order valence-electron chi connectivity index (χ3n) is 4.65. The summed E-state index contributed by atoms with van der Waals surface area (Å²) in [5.41, 5.74) is 12.5. The van der Waals surface area contributed by atoms with E-state index < -0.39 is 0 Å². The highest BCUT2D eigenvalue weighted by atomic mass is 14.7. The third-order valence-corrected chi connectivity index (χ3v) is 4.65. The molecule has 0 aliphatic heterocycles. The molecule has 19 heavy (non-hydrogen) atoms. The zero-order chi connectivity index (χ0) is 14.6. The van der Waals surface area contributed by atoms with Crippen LogP contribution in [-0.2, 0) is 19.3 Å². The Kier molecular flexibility index (Phi) is 5.61. The van der Waals surface area contributed by atoms with Gasteiger partial charge < -0.3 is 5.73 Å². The predicted octanol–water partition coefficient (Wildman–Crippen LogP) is 4.81. The normalized spacial score (nSPS) is 13.6. The van der Waals surface area contributed by atoms with Crippen molar-refractivity contribution < 1.29 is 0 Å². The Hall–Kier alpha value is -0.820. The fraction of sp³-hybridized carbons (Fsp3) is 0.667. The molecule has 0 saturated heterocycles. The van der Waals surface area contributed by atoms with Crippen molar-refractivity contribution in [3.8, 4) is 0 Å². The van der Waals surface area contributed by atoms with Gasteiger partial charge in [-0.25, -0.2) is 0 Å². The molecule has 0 aliphatic carbocycles. The summed E-state index contributed by atoms with van der Waals surface area (Å²) in [7, 11) is 0. The lowest BCUT2D eigenvalue weighted by molar-refractivity contribution is 0.276. The Morgan fingerprint density at radius 3 is 1.74 bits per heavy atom. The van der Waals surface area contributed by atoms with Crippen molar-refractivity contribution in [2.24, 2.45) is 11.1 Å². The zero-order valence-corrected chi connectivity index (χ0v) is 13.6. The summed E-state index contributed by atoms with van der Waals surface area (Å²) < 4.78 is 0. The quantitative estimate of drug-likeness (QED) is 0.781. The van der Waals surface area contributed by atoms with Crippen LogP contribution in [0.3, 0.4) is 0 Å². The Morgan fingerprint density at radius 2 is 1.42 bits per heavy atom. The number of nitrogens with two attached hydrogens (primary N) is 1. The second-order valence-corrected chi connectivity index (χ2v) is 6.21. The van der Waals surface area contributed by atoms with Crippen LogP contribution in [0.1, 0.15) is 76.3 Å². The summed E-state index contributed by atoms with van der Waals surface area (Å²) in [4.78, 5) is 0. The van der Waals surface area contributed by atoms with Crippen LogP contribution in [-0.4, -0.2) is 0 Å². The summed E-state index contributed by atoms with van der Waals surface area (Å²) in [6.45, 7) is 13.5. The van der Waals surface area contributed by atoms with E-state index in [9.17, 15) is 0 Å². The molecule has 0 aromatic heterocycles. The molecule has 0 spiro atoms. The number of hydrogen-bond donors (Lipinski definition) is 1. The smallest absolute Gasteiger partial charge is 0.0352 e. The monoisotopic (exact) mass is 261 g/mol. The van der Waals surface area contributed by atoms with Gasteiger partial charge in [-0.3, -0.25) is 0 Å². The van der Waals surface area contributed by atoms with Crippen molar-refractivity contribution in [1.29, 1.82) is 0 Å². The highest BCUT2D eigenvalue weighted by Crippen LogP contribution is 2.38. The predicted molar refractivity (Wildman–Crippen MR) is 85.6 cm³/mol. The van der Waals surface area contributed by atoms with Crippen LogP contribution in [0.25, 0.3) is 0 Å². The summed E-state index contributed by atoms with van der Waals surface area (Å²) in [6.07, 6.45) is 4.36. The van der Waals surface area contributed by atoms with Crippen molar-refractivity contribution in [2.45, 2.75) is 73.3 Å². The van der Waals surface area contributed by atoms with Gasteiger partial charge in [0, 0.05) is 6.04 Å². The second-order valence-electron chi connectivity index (χ2n) is 6.21. The van der Waals surface area contributed by atoms with E-state index >= 15 is 0 Å². The third kappa shape index (κ3) is 3.39. The van der Waals surface area contributed by atoms with Crippen molar-refractivity contribution in [1.82, 2.24) is 0 Å². The molecule has 1 heteroatoms. The van der Waals surface area contributed by atoms with Gasteiger partial charge in [-0.15, -0.1) is 0 Å². The number of aryl methyl sites for hydroxylation is 3. The maximum absolute atomic E-state index is 6.63. The first-order valence-corrected chi connectivity index (χ1v) is 7.81. The van der Waals surface area contributed by atoms with E-state index in [1.54, 1.807) is 0 Å². The average molecular weight is 261 g/mol. The average Bonchev–Trinajstić information content (AvgIpc) is 2.44. The van der Waals surface area contributed by atoms with Crippen LogP contribution in [0, 0.1) is 5.41 Å². The molecule has 2 N–H and O–H groups in total. The lowest BCUT2D eigenvalue weighted by Gasteiger charge is -2.34. The molecule has 0 heterocycles. The highest BCUT2D eigenvalue weighted by molar-refractivity contribution is 5.42. The molecule has 0 saturated carbocycles. The number of rotatable bonds is 6. The van der Waals surface area contributed by atoms with E-state index in [-0.39, 0.29) is 11.5 Å². The van der Waals surface area contributed by atoms with Gasteiger partial charge >= 0.3 is 0 Å². The Morgan fingerprint density at radius 1 is 0.947 bits per heavy atom. The second kappa shape index (κ2) is 6.56. The highest BCUT2D eigenvalue weighted by Gasteiger charge is 2.28. The Bertz CT molecular complexity index is 393. The minimum absolute atomic E-state index is 0.133. The molecule has 0 radical (unpaired) electrons. The van der Waals surface area contributed by atoms with E-state index in [1.165, 1.54) is 22.3 Å². The van der Waals surface area contributed by atoms with Gasteiger partial charge in [-0.2, -0.15) is 0 Å². The molecule has 0 amide bonds. The SMILES string of the molecule is CCc1cc(CC)c(C(N)C(C)(C)CC)c(CC)c1. The fourth-order valence-electron chi connectivity index (χ4n) is 2.65. The van der Waals surface area contributed by atoms with Crippen molar-refractivity contribution in [3.05, 3.63) is 34.4 Å². The van der Waals surface area contributed by atoms with E-state index in [1.807, 2.05) is 0 Å². The molecule has 1 unspecified atom stereocenters. The molecule has 1 nitrogen and oxygen atoms in total. The summed E-state index contributed by atoms with van der Waals surface area (Å²) in [6, 6.07) is 4.86.